The van der Waals surface area contributed by atoms with Gasteiger partial charge >= 0.3 is 0 Å². The molecule has 1 aromatic heterocycles. The summed E-state index contributed by atoms with van der Waals surface area (Å²) in [5, 5.41) is 7.58. The first kappa shape index (κ1) is 19.7. The lowest BCUT2D eigenvalue weighted by atomic mass is 10.1. The average Bonchev–Trinajstić information content (AvgIpc) is 3.30. The topological polar surface area (TPSA) is 71.3 Å². The molecule has 0 fully saturated rings. The highest BCUT2D eigenvalue weighted by atomic mass is 79.9. The fourth-order valence-electron chi connectivity index (χ4n) is 2.94. The minimum absolute atomic E-state index is 0.104. The van der Waals surface area contributed by atoms with E-state index in [2.05, 4.69) is 26.6 Å². The minimum Gasteiger partial charge on any atom is -0.459 e. The Hall–Kier alpha value is -3.64. The third kappa shape index (κ3) is 4.67. The number of amides is 2. The zero-order valence-corrected chi connectivity index (χ0v) is 17.3. The Labute approximate surface area is 181 Å². The molecule has 0 bridgehead atoms. The zero-order valence-electron chi connectivity index (χ0n) is 15.8. The van der Waals surface area contributed by atoms with E-state index in [1.165, 1.54) is 12.3 Å². The van der Waals surface area contributed by atoms with Crippen molar-refractivity contribution in [2.45, 2.75) is 0 Å². The molecule has 0 unspecified atom stereocenters. The van der Waals surface area contributed by atoms with Crippen molar-refractivity contribution in [2.75, 3.05) is 5.32 Å². The number of rotatable bonds is 5. The number of nitrogens with one attached hydrogen (secondary N) is 2. The Morgan fingerprint density at radius 3 is 2.37 bits per heavy atom. The van der Waals surface area contributed by atoms with E-state index in [0.29, 0.717) is 5.69 Å². The number of hydrogen-bond acceptors (Lipinski definition) is 3. The lowest BCUT2D eigenvalue weighted by Gasteiger charge is -2.11. The van der Waals surface area contributed by atoms with E-state index in [0.717, 1.165) is 20.8 Å². The van der Waals surface area contributed by atoms with Crippen LogP contribution in [0.5, 0.6) is 0 Å². The van der Waals surface area contributed by atoms with Crippen LogP contribution >= 0.6 is 15.9 Å². The number of hydrogen-bond donors (Lipinski definition) is 2. The summed E-state index contributed by atoms with van der Waals surface area (Å²) in [6.07, 6.45) is 3.02. The SMILES string of the molecule is O=C(Nc1ccc2ccccc2c1)/C(=C\c1ccc(Br)cc1)NC(=O)c1ccco1. The maximum absolute atomic E-state index is 13.0. The summed E-state index contributed by atoms with van der Waals surface area (Å²) < 4.78 is 6.05. The van der Waals surface area contributed by atoms with Crippen molar-refractivity contribution in [3.05, 3.63) is 107 Å². The monoisotopic (exact) mass is 460 g/mol. The maximum atomic E-state index is 13.0. The van der Waals surface area contributed by atoms with E-state index in [1.54, 1.807) is 12.1 Å². The van der Waals surface area contributed by atoms with Crippen molar-refractivity contribution >= 4 is 50.3 Å². The van der Waals surface area contributed by atoms with Crippen LogP contribution < -0.4 is 10.6 Å². The molecule has 4 rings (SSSR count). The lowest BCUT2D eigenvalue weighted by Crippen LogP contribution is -2.30. The molecule has 0 aliphatic heterocycles. The van der Waals surface area contributed by atoms with Gasteiger partial charge < -0.3 is 15.1 Å². The van der Waals surface area contributed by atoms with Crippen LogP contribution in [0.25, 0.3) is 16.8 Å². The number of carbonyl (C=O) groups is 2. The van der Waals surface area contributed by atoms with Crippen LogP contribution in [0.3, 0.4) is 0 Å². The molecule has 148 valence electrons. The molecule has 0 aliphatic carbocycles. The Morgan fingerprint density at radius 2 is 1.63 bits per heavy atom. The van der Waals surface area contributed by atoms with Crippen LogP contribution in [-0.2, 0) is 4.79 Å². The molecule has 3 aromatic carbocycles. The van der Waals surface area contributed by atoms with Crippen LogP contribution in [0.15, 0.2) is 99.7 Å². The van der Waals surface area contributed by atoms with E-state index in [4.69, 9.17) is 4.42 Å². The molecule has 0 atom stereocenters. The van der Waals surface area contributed by atoms with Crippen molar-refractivity contribution in [1.29, 1.82) is 0 Å². The van der Waals surface area contributed by atoms with E-state index >= 15 is 0 Å². The first-order chi connectivity index (χ1) is 14.6. The number of benzene rings is 3. The Morgan fingerprint density at radius 1 is 0.867 bits per heavy atom. The number of carbonyl (C=O) groups excluding carboxylic acids is 2. The maximum Gasteiger partial charge on any atom is 0.291 e. The van der Waals surface area contributed by atoms with Crippen LogP contribution in [0.4, 0.5) is 5.69 Å². The summed E-state index contributed by atoms with van der Waals surface area (Å²) >= 11 is 3.39. The predicted molar refractivity (Wildman–Crippen MR) is 121 cm³/mol. The third-order valence-electron chi connectivity index (χ3n) is 4.43. The van der Waals surface area contributed by atoms with Crippen molar-refractivity contribution in [2.24, 2.45) is 0 Å². The van der Waals surface area contributed by atoms with Gasteiger partial charge in [-0.05, 0) is 58.8 Å². The molecule has 0 radical (unpaired) electrons. The van der Waals surface area contributed by atoms with E-state index in [-0.39, 0.29) is 11.5 Å². The predicted octanol–water partition coefficient (Wildman–Crippen LogP) is 5.60. The molecular formula is C24H17BrN2O3. The molecule has 4 aromatic rings. The molecule has 0 spiro atoms. The van der Waals surface area contributed by atoms with Crippen LogP contribution in [0.2, 0.25) is 0 Å². The molecule has 1 heterocycles. The first-order valence-corrected chi connectivity index (χ1v) is 10.00. The van der Waals surface area contributed by atoms with E-state index < -0.39 is 11.8 Å². The van der Waals surface area contributed by atoms with Crippen molar-refractivity contribution in [3.8, 4) is 0 Å². The van der Waals surface area contributed by atoms with Gasteiger partial charge in [-0.15, -0.1) is 0 Å². The van der Waals surface area contributed by atoms with Gasteiger partial charge in [-0.3, -0.25) is 9.59 Å². The average molecular weight is 461 g/mol. The van der Waals surface area contributed by atoms with Gasteiger partial charge in [0.05, 0.1) is 6.26 Å². The quantitative estimate of drug-likeness (QED) is 0.380. The second-order valence-electron chi connectivity index (χ2n) is 6.56. The second-order valence-corrected chi connectivity index (χ2v) is 7.47. The molecular weight excluding hydrogens is 444 g/mol. The smallest absolute Gasteiger partial charge is 0.291 e. The van der Waals surface area contributed by atoms with Crippen LogP contribution in [-0.4, -0.2) is 11.8 Å². The summed E-state index contributed by atoms with van der Waals surface area (Å²) in [7, 11) is 0. The fraction of sp³-hybridized carbons (Fsp3) is 0. The number of anilines is 1. The fourth-order valence-corrected chi connectivity index (χ4v) is 3.21. The van der Waals surface area contributed by atoms with Crippen molar-refractivity contribution in [1.82, 2.24) is 5.32 Å². The highest BCUT2D eigenvalue weighted by Crippen LogP contribution is 2.20. The molecule has 0 saturated heterocycles. The third-order valence-corrected chi connectivity index (χ3v) is 4.95. The molecule has 2 amide bonds. The standard InChI is InChI=1S/C24H17BrN2O3/c25-19-10-7-16(8-11-19)14-21(27-24(29)22-6-3-13-30-22)23(28)26-20-12-9-17-4-1-2-5-18(17)15-20/h1-15H,(H,26,28)(H,27,29)/b21-14+. The summed E-state index contributed by atoms with van der Waals surface area (Å²) in [5.74, 6) is -0.819. The second kappa shape index (κ2) is 8.80. The van der Waals surface area contributed by atoms with E-state index in [1.807, 2.05) is 66.7 Å². The molecule has 2 N–H and O–H groups in total. The van der Waals surface area contributed by atoms with Gasteiger partial charge in [-0.1, -0.05) is 58.4 Å². The first-order valence-electron chi connectivity index (χ1n) is 9.21. The summed E-state index contributed by atoms with van der Waals surface area (Å²) in [4.78, 5) is 25.5. The number of halogens is 1. The van der Waals surface area contributed by atoms with Gasteiger partial charge in [0.15, 0.2) is 5.76 Å². The summed E-state index contributed by atoms with van der Waals surface area (Å²) in [5.41, 5.74) is 1.50. The summed E-state index contributed by atoms with van der Waals surface area (Å²) in [6.45, 7) is 0. The largest absolute Gasteiger partial charge is 0.459 e. The van der Waals surface area contributed by atoms with Crippen LogP contribution in [0, 0.1) is 0 Å². The zero-order chi connectivity index (χ0) is 20.9. The Balaban J connectivity index is 1.62. The van der Waals surface area contributed by atoms with Gasteiger partial charge in [-0.2, -0.15) is 0 Å². The van der Waals surface area contributed by atoms with Gasteiger partial charge in [0.2, 0.25) is 0 Å². The Bertz CT molecular complexity index is 1230. The minimum atomic E-state index is -0.503. The van der Waals surface area contributed by atoms with Gasteiger partial charge in [0.1, 0.15) is 5.70 Å². The van der Waals surface area contributed by atoms with Crippen LogP contribution in [0.1, 0.15) is 16.1 Å². The molecule has 30 heavy (non-hydrogen) atoms. The van der Waals surface area contributed by atoms with E-state index in [9.17, 15) is 9.59 Å². The normalized spacial score (nSPS) is 11.3. The molecule has 0 aliphatic rings. The highest BCUT2D eigenvalue weighted by Gasteiger charge is 2.16. The van der Waals surface area contributed by atoms with Gasteiger partial charge in [0.25, 0.3) is 11.8 Å². The molecule has 6 heteroatoms. The number of furan rings is 1. The summed E-state index contributed by atoms with van der Waals surface area (Å²) in [6, 6.07) is 24.1. The van der Waals surface area contributed by atoms with Gasteiger partial charge in [-0.25, -0.2) is 0 Å². The lowest BCUT2D eigenvalue weighted by molar-refractivity contribution is -0.113. The Kier molecular flexibility index (Phi) is 5.77. The highest BCUT2D eigenvalue weighted by molar-refractivity contribution is 9.10. The molecule has 0 saturated carbocycles. The molecule has 5 nitrogen and oxygen atoms in total. The van der Waals surface area contributed by atoms with Crippen molar-refractivity contribution in [3.63, 3.8) is 0 Å². The van der Waals surface area contributed by atoms with Gasteiger partial charge in [0, 0.05) is 10.2 Å². The van der Waals surface area contributed by atoms with Crippen molar-refractivity contribution < 1.29 is 14.0 Å². The number of fused-ring (bicyclic) bond motifs is 1.